The van der Waals surface area contributed by atoms with Gasteiger partial charge in [0.15, 0.2) is 0 Å². The van der Waals surface area contributed by atoms with Gasteiger partial charge >= 0.3 is 18.1 Å². The predicted molar refractivity (Wildman–Crippen MR) is 119 cm³/mol. The molecule has 174 valence electrons. The van der Waals surface area contributed by atoms with E-state index >= 15 is 0 Å². The van der Waals surface area contributed by atoms with Crippen molar-refractivity contribution in [1.29, 1.82) is 0 Å². The number of hydrogen-bond donors (Lipinski definition) is 5. The van der Waals surface area contributed by atoms with Gasteiger partial charge in [-0.3, -0.25) is 4.79 Å². The molecular weight excluding hydrogens is 428 g/mol. The Morgan fingerprint density at radius 2 is 1.58 bits per heavy atom. The maximum absolute atomic E-state index is 12.1. The van der Waals surface area contributed by atoms with Crippen LogP contribution < -0.4 is 21.7 Å². The Morgan fingerprint density at radius 3 is 2.15 bits per heavy atom. The Balaban J connectivity index is 1.46. The van der Waals surface area contributed by atoms with Crippen LogP contribution in [0.2, 0.25) is 0 Å². The number of carboxylic acid groups (broad SMARTS) is 1. The molecule has 0 bridgehead atoms. The van der Waals surface area contributed by atoms with Crippen molar-refractivity contribution < 1.29 is 29.0 Å². The van der Waals surface area contributed by atoms with Crippen LogP contribution in [0.4, 0.5) is 9.59 Å². The molecule has 1 aliphatic carbocycles. The highest BCUT2D eigenvalue weighted by Crippen LogP contribution is 2.44. The molecule has 0 aromatic heterocycles. The third-order valence-corrected chi connectivity index (χ3v) is 5.34. The van der Waals surface area contributed by atoms with Crippen molar-refractivity contribution in [3.05, 3.63) is 59.7 Å². The van der Waals surface area contributed by atoms with E-state index in [4.69, 9.17) is 10.5 Å². The Kier molecular flexibility index (Phi) is 7.85. The van der Waals surface area contributed by atoms with Gasteiger partial charge in [-0.25, -0.2) is 14.4 Å². The highest BCUT2D eigenvalue weighted by molar-refractivity contribution is 5.86. The lowest BCUT2D eigenvalue weighted by atomic mass is 9.98. The second-order valence-corrected chi connectivity index (χ2v) is 7.57. The number of carbonyl (C=O) groups excluding carboxylic acids is 3. The zero-order valence-corrected chi connectivity index (χ0v) is 17.9. The van der Waals surface area contributed by atoms with E-state index < -0.39 is 36.6 Å². The molecule has 2 aromatic carbocycles. The molecule has 0 saturated heterocycles. The summed E-state index contributed by atoms with van der Waals surface area (Å²) in [7, 11) is 0. The lowest BCUT2D eigenvalue weighted by Crippen LogP contribution is -2.46. The molecule has 1 atom stereocenters. The van der Waals surface area contributed by atoms with Gasteiger partial charge in [0.2, 0.25) is 5.91 Å². The van der Waals surface area contributed by atoms with Crippen LogP contribution in [-0.2, 0) is 14.3 Å². The van der Waals surface area contributed by atoms with Crippen LogP contribution in [0.25, 0.3) is 11.1 Å². The Labute approximate surface area is 190 Å². The van der Waals surface area contributed by atoms with Crippen molar-refractivity contribution in [2.45, 2.75) is 24.8 Å². The van der Waals surface area contributed by atoms with Gasteiger partial charge in [0, 0.05) is 12.5 Å². The molecule has 10 nitrogen and oxygen atoms in total. The monoisotopic (exact) mass is 454 g/mol. The maximum Gasteiger partial charge on any atom is 0.407 e. The third-order valence-electron chi connectivity index (χ3n) is 5.34. The third kappa shape index (κ3) is 6.22. The average molecular weight is 454 g/mol. The number of carbonyl (C=O) groups is 4. The first-order chi connectivity index (χ1) is 15.9. The molecule has 1 unspecified atom stereocenters. The standard InChI is InChI=1S/C23H26N4O6/c24-22(31)25-11-5-10-19(21(29)30)27-20(28)12-26-23(32)33-13-18-16-8-3-1-6-14(16)15-7-2-4-9-17(15)18/h1-4,6-9,18-19H,5,10-13H2,(H,26,32)(H,27,28)(H,29,30)(H3,24,25,31). The highest BCUT2D eigenvalue weighted by atomic mass is 16.5. The molecule has 1 aliphatic rings. The predicted octanol–water partition coefficient (Wildman–Crippen LogP) is 1.54. The van der Waals surface area contributed by atoms with Crippen molar-refractivity contribution in [1.82, 2.24) is 16.0 Å². The highest BCUT2D eigenvalue weighted by Gasteiger charge is 2.29. The van der Waals surface area contributed by atoms with E-state index in [-0.39, 0.29) is 25.5 Å². The fraction of sp³-hybridized carbons (Fsp3) is 0.304. The van der Waals surface area contributed by atoms with Crippen molar-refractivity contribution in [3.8, 4) is 11.1 Å². The minimum absolute atomic E-state index is 0.0896. The number of alkyl carbamates (subject to hydrolysis) is 1. The van der Waals surface area contributed by atoms with E-state index in [0.717, 1.165) is 22.3 Å². The van der Waals surface area contributed by atoms with E-state index in [0.29, 0.717) is 6.42 Å². The second-order valence-electron chi connectivity index (χ2n) is 7.57. The number of carboxylic acids is 1. The molecule has 0 saturated carbocycles. The van der Waals surface area contributed by atoms with Crippen molar-refractivity contribution in [2.24, 2.45) is 5.73 Å². The number of fused-ring (bicyclic) bond motifs is 3. The van der Waals surface area contributed by atoms with Gasteiger partial charge in [-0.05, 0) is 35.1 Å². The maximum atomic E-state index is 12.1. The smallest absolute Gasteiger partial charge is 0.407 e. The van der Waals surface area contributed by atoms with Gasteiger partial charge in [0.25, 0.3) is 0 Å². The lowest BCUT2D eigenvalue weighted by molar-refractivity contribution is -0.141. The largest absolute Gasteiger partial charge is 0.480 e. The Morgan fingerprint density at radius 1 is 0.970 bits per heavy atom. The summed E-state index contributed by atoms with van der Waals surface area (Å²) in [6.45, 7) is -0.140. The Bertz CT molecular complexity index is 996. The molecule has 4 amide bonds. The van der Waals surface area contributed by atoms with Crippen LogP contribution >= 0.6 is 0 Å². The fourth-order valence-electron chi connectivity index (χ4n) is 3.82. The van der Waals surface area contributed by atoms with Crippen molar-refractivity contribution in [2.75, 3.05) is 19.7 Å². The topological polar surface area (TPSA) is 160 Å². The van der Waals surface area contributed by atoms with E-state index in [1.165, 1.54) is 0 Å². The van der Waals surface area contributed by atoms with Gasteiger partial charge in [0.1, 0.15) is 19.2 Å². The van der Waals surface area contributed by atoms with Crippen LogP contribution in [-0.4, -0.2) is 54.8 Å². The zero-order valence-electron chi connectivity index (χ0n) is 17.9. The van der Waals surface area contributed by atoms with Crippen LogP contribution in [0.5, 0.6) is 0 Å². The van der Waals surface area contributed by atoms with E-state index in [1.54, 1.807) is 0 Å². The number of benzene rings is 2. The van der Waals surface area contributed by atoms with Gasteiger partial charge in [-0.1, -0.05) is 48.5 Å². The quantitative estimate of drug-likeness (QED) is 0.342. The van der Waals surface area contributed by atoms with Gasteiger partial charge in [0.05, 0.1) is 0 Å². The van der Waals surface area contributed by atoms with Gasteiger partial charge in [-0.15, -0.1) is 0 Å². The van der Waals surface area contributed by atoms with Crippen molar-refractivity contribution in [3.63, 3.8) is 0 Å². The van der Waals surface area contributed by atoms with Crippen LogP contribution in [0.1, 0.15) is 29.9 Å². The molecule has 2 aromatic rings. The number of rotatable bonds is 10. The Hall–Kier alpha value is -4.08. The minimum atomic E-state index is -1.22. The second kappa shape index (κ2) is 11.0. The number of amides is 4. The summed E-state index contributed by atoms with van der Waals surface area (Å²) >= 11 is 0. The minimum Gasteiger partial charge on any atom is -0.480 e. The summed E-state index contributed by atoms with van der Waals surface area (Å²) in [5, 5.41) is 16.2. The summed E-state index contributed by atoms with van der Waals surface area (Å²) in [4.78, 5) is 46.1. The summed E-state index contributed by atoms with van der Waals surface area (Å²) < 4.78 is 5.35. The molecular formula is C23H26N4O6. The summed E-state index contributed by atoms with van der Waals surface area (Å²) in [6.07, 6.45) is -0.378. The molecule has 0 radical (unpaired) electrons. The van der Waals surface area contributed by atoms with E-state index in [2.05, 4.69) is 16.0 Å². The number of urea groups is 1. The fourth-order valence-corrected chi connectivity index (χ4v) is 3.82. The SMILES string of the molecule is NC(=O)NCCCC(NC(=O)CNC(=O)OCC1c2ccccc2-c2ccccc21)C(=O)O. The number of aliphatic carboxylic acids is 1. The molecule has 3 rings (SSSR count). The van der Waals surface area contributed by atoms with E-state index in [9.17, 15) is 24.3 Å². The number of primary amides is 1. The normalized spacial score (nSPS) is 12.7. The summed E-state index contributed by atoms with van der Waals surface area (Å²) in [5.74, 6) is -2.00. The van der Waals surface area contributed by atoms with Crippen LogP contribution in [0.15, 0.2) is 48.5 Å². The molecule has 10 heteroatoms. The van der Waals surface area contributed by atoms with Crippen molar-refractivity contribution >= 4 is 24.0 Å². The number of nitrogens with two attached hydrogens (primary N) is 1. The molecule has 0 spiro atoms. The number of hydrogen-bond acceptors (Lipinski definition) is 5. The lowest BCUT2D eigenvalue weighted by Gasteiger charge is -2.16. The molecule has 0 fully saturated rings. The summed E-state index contributed by atoms with van der Waals surface area (Å²) in [5.41, 5.74) is 9.29. The average Bonchev–Trinajstić information content (AvgIpc) is 3.11. The zero-order chi connectivity index (χ0) is 23.8. The van der Waals surface area contributed by atoms with Crippen LogP contribution in [0.3, 0.4) is 0 Å². The molecule has 33 heavy (non-hydrogen) atoms. The number of ether oxygens (including phenoxy) is 1. The first-order valence-electron chi connectivity index (χ1n) is 10.5. The van der Waals surface area contributed by atoms with Crippen LogP contribution in [0, 0.1) is 0 Å². The first-order valence-corrected chi connectivity index (χ1v) is 10.5. The number of nitrogens with one attached hydrogen (secondary N) is 3. The van der Waals surface area contributed by atoms with Gasteiger partial charge < -0.3 is 31.5 Å². The first kappa shape index (κ1) is 23.6. The molecule has 6 N–H and O–H groups in total. The van der Waals surface area contributed by atoms with Gasteiger partial charge in [-0.2, -0.15) is 0 Å². The van der Waals surface area contributed by atoms with E-state index in [1.807, 2.05) is 48.5 Å². The summed E-state index contributed by atoms with van der Waals surface area (Å²) in [6, 6.07) is 14.0. The molecule has 0 aliphatic heterocycles. The molecule has 0 heterocycles.